The summed E-state index contributed by atoms with van der Waals surface area (Å²) in [6.45, 7) is 11.0. The van der Waals surface area contributed by atoms with Crippen LogP contribution in [0.15, 0.2) is 34.1 Å². The lowest BCUT2D eigenvalue weighted by Crippen LogP contribution is -2.05. The Morgan fingerprint density at radius 2 is 1.17 bits per heavy atom. The highest BCUT2D eigenvalue weighted by atomic mass is 79.9. The third-order valence-corrected chi connectivity index (χ3v) is 6.16. The molecule has 0 N–H and O–H groups in total. The average molecular weight is 509 g/mol. The molecule has 162 valence electrons. The van der Waals surface area contributed by atoms with Crippen molar-refractivity contribution < 1.29 is 9.59 Å². The van der Waals surface area contributed by atoms with E-state index in [4.69, 9.17) is 5.26 Å². The maximum Gasteiger partial charge on any atom is 0.173 e. The summed E-state index contributed by atoms with van der Waals surface area (Å²) in [5.41, 5.74) is 6.03. The second-order valence-corrected chi connectivity index (χ2v) is 8.93. The van der Waals surface area contributed by atoms with Crippen molar-refractivity contribution in [2.75, 3.05) is 17.8 Å². The summed E-state index contributed by atoms with van der Waals surface area (Å²) in [7, 11) is 0. The predicted molar refractivity (Wildman–Crippen MR) is 135 cm³/mol. The lowest BCUT2D eigenvalue weighted by Gasteiger charge is -2.09. The van der Waals surface area contributed by atoms with Crippen molar-refractivity contribution in [1.29, 1.82) is 5.26 Å². The summed E-state index contributed by atoms with van der Waals surface area (Å²) in [5, 5.41) is 7.72. The topological polar surface area (TPSA) is 57.9 Å². The van der Waals surface area contributed by atoms with E-state index in [0.29, 0.717) is 5.33 Å². The number of rotatable bonds is 5. The van der Waals surface area contributed by atoms with Crippen LogP contribution in [-0.4, -0.2) is 29.4 Å². The van der Waals surface area contributed by atoms with E-state index in [0.717, 1.165) is 33.4 Å². The van der Waals surface area contributed by atoms with Gasteiger partial charge in [-0.3, -0.25) is 9.59 Å². The van der Waals surface area contributed by atoms with E-state index in [1.165, 1.54) is 16.7 Å². The maximum absolute atomic E-state index is 11.6. The summed E-state index contributed by atoms with van der Waals surface area (Å²) in [4.78, 5) is 25.3. The summed E-state index contributed by atoms with van der Waals surface area (Å²) in [5.74, 6) is 0.315. The molecule has 0 radical (unpaired) electrons. The Kier molecular flexibility index (Phi) is 13.7. The van der Waals surface area contributed by atoms with Crippen LogP contribution in [0.1, 0.15) is 56.8 Å². The molecule has 0 spiro atoms. The molecular formula is C24H30BrNO2S2. The maximum atomic E-state index is 11.6. The third-order valence-electron chi connectivity index (χ3n) is 4.24. The van der Waals surface area contributed by atoms with E-state index in [9.17, 15) is 9.59 Å². The highest BCUT2D eigenvalue weighted by Gasteiger charge is 2.11. The van der Waals surface area contributed by atoms with E-state index in [1.54, 1.807) is 36.5 Å². The molecule has 2 rings (SSSR count). The zero-order valence-corrected chi connectivity index (χ0v) is 22.2. The van der Waals surface area contributed by atoms with Crippen LogP contribution < -0.4 is 0 Å². The van der Waals surface area contributed by atoms with Gasteiger partial charge in [-0.15, -0.1) is 23.5 Å². The minimum absolute atomic E-state index is 0.155. The molecule has 6 heteroatoms. The van der Waals surface area contributed by atoms with Crippen LogP contribution in [0.4, 0.5) is 0 Å². The van der Waals surface area contributed by atoms with E-state index in [2.05, 4.69) is 40.2 Å². The van der Waals surface area contributed by atoms with Crippen molar-refractivity contribution in [1.82, 2.24) is 0 Å². The highest BCUT2D eigenvalue weighted by Crippen LogP contribution is 2.24. The summed E-state index contributed by atoms with van der Waals surface area (Å²) in [6, 6.07) is 10.0. The number of hydrogen-bond acceptors (Lipinski definition) is 5. The molecule has 0 aromatic heterocycles. The summed E-state index contributed by atoms with van der Waals surface area (Å²) < 4.78 is 0. The van der Waals surface area contributed by atoms with Crippen LogP contribution in [0.3, 0.4) is 0 Å². The van der Waals surface area contributed by atoms with Gasteiger partial charge in [0, 0.05) is 27.8 Å². The molecule has 3 nitrogen and oxygen atoms in total. The molecular weight excluding hydrogens is 478 g/mol. The van der Waals surface area contributed by atoms with Gasteiger partial charge in [-0.2, -0.15) is 5.26 Å². The summed E-state index contributed by atoms with van der Waals surface area (Å²) in [6.07, 6.45) is 4.09. The Hall–Kier alpha value is -1.55. The minimum Gasteiger partial charge on any atom is -0.294 e. The molecule has 0 fully saturated rings. The standard InChI is InChI=1S/C11H13BrOS.C11H14OS.C2H3N/c1-7-4-9(14-3)5-8(2)11(7)10(13)6-12;1-7-5-10(13-4)6-8(2)11(7)9(3)12;1-2-3/h4-5H,6H2,1-3H3;5-6H,1-4H3;1H3. The van der Waals surface area contributed by atoms with Gasteiger partial charge in [-0.25, -0.2) is 0 Å². The lowest BCUT2D eigenvalue weighted by molar-refractivity contribution is 0.101. The van der Waals surface area contributed by atoms with E-state index in [-0.39, 0.29) is 11.6 Å². The first-order valence-electron chi connectivity index (χ1n) is 9.29. The van der Waals surface area contributed by atoms with Gasteiger partial charge >= 0.3 is 0 Å². The van der Waals surface area contributed by atoms with Crippen LogP contribution in [0.5, 0.6) is 0 Å². The number of Topliss-reactive ketones (excluding diaryl/α,β-unsaturated/α-hetero) is 2. The fourth-order valence-corrected chi connectivity index (χ4v) is 4.60. The van der Waals surface area contributed by atoms with Crippen molar-refractivity contribution >= 4 is 51.0 Å². The van der Waals surface area contributed by atoms with E-state index >= 15 is 0 Å². The quantitative estimate of drug-likeness (QED) is 0.240. The number of alkyl halides is 1. The van der Waals surface area contributed by atoms with Gasteiger partial charge in [0.15, 0.2) is 11.6 Å². The van der Waals surface area contributed by atoms with Crippen LogP contribution in [0.25, 0.3) is 0 Å². The van der Waals surface area contributed by atoms with Crippen LogP contribution in [0, 0.1) is 39.0 Å². The number of benzene rings is 2. The third kappa shape index (κ3) is 8.67. The number of nitrogens with zero attached hydrogens (tertiary/aromatic N) is 1. The fourth-order valence-electron chi connectivity index (χ4n) is 3.15. The van der Waals surface area contributed by atoms with E-state index < -0.39 is 0 Å². The Morgan fingerprint density at radius 1 is 0.867 bits per heavy atom. The molecule has 0 amide bonds. The van der Waals surface area contributed by atoms with Crippen molar-refractivity contribution in [3.63, 3.8) is 0 Å². The molecule has 2 aromatic rings. The number of hydrogen-bond donors (Lipinski definition) is 0. The van der Waals surface area contributed by atoms with Crippen molar-refractivity contribution in [3.05, 3.63) is 57.6 Å². The van der Waals surface area contributed by atoms with Gasteiger partial charge in [0.25, 0.3) is 0 Å². The van der Waals surface area contributed by atoms with Gasteiger partial charge in [0.2, 0.25) is 0 Å². The molecule has 2 aromatic carbocycles. The zero-order chi connectivity index (χ0) is 23.4. The van der Waals surface area contributed by atoms with E-state index in [1.807, 2.05) is 40.2 Å². The van der Waals surface area contributed by atoms with Crippen molar-refractivity contribution in [2.45, 2.75) is 51.3 Å². The predicted octanol–water partition coefficient (Wildman–Crippen LogP) is 7.36. The zero-order valence-electron chi connectivity index (χ0n) is 19.0. The molecule has 0 heterocycles. The van der Waals surface area contributed by atoms with Gasteiger partial charge in [-0.1, -0.05) is 15.9 Å². The Labute approximate surface area is 198 Å². The van der Waals surface area contributed by atoms with Crippen LogP contribution in [0.2, 0.25) is 0 Å². The molecule has 0 bridgehead atoms. The number of halogens is 1. The van der Waals surface area contributed by atoms with Gasteiger partial charge in [0.05, 0.1) is 11.4 Å². The molecule has 0 aliphatic carbocycles. The number of carbonyl (C=O) groups is 2. The monoisotopic (exact) mass is 507 g/mol. The largest absolute Gasteiger partial charge is 0.294 e. The fraction of sp³-hybridized carbons (Fsp3) is 0.375. The number of aryl methyl sites for hydroxylation is 4. The SMILES string of the molecule is CC#N.CSc1cc(C)c(C(=O)CBr)c(C)c1.CSc1cc(C)c(C(C)=O)c(C)c1. The van der Waals surface area contributed by atoms with Gasteiger partial charge in [0.1, 0.15) is 0 Å². The smallest absolute Gasteiger partial charge is 0.173 e. The normalized spacial score (nSPS) is 9.47. The first kappa shape index (κ1) is 28.5. The van der Waals surface area contributed by atoms with Crippen molar-refractivity contribution in [3.8, 4) is 6.07 Å². The summed E-state index contributed by atoms with van der Waals surface area (Å²) >= 11 is 6.61. The second kappa shape index (κ2) is 14.5. The molecule has 0 saturated heterocycles. The molecule has 0 saturated carbocycles. The molecule has 0 atom stereocenters. The minimum atomic E-state index is 0.155. The van der Waals surface area contributed by atoms with Crippen LogP contribution >= 0.6 is 39.5 Å². The number of thioether (sulfide) groups is 2. The number of nitriles is 1. The first-order chi connectivity index (χ1) is 14.1. The molecule has 0 unspecified atom stereocenters. The molecule has 0 aliphatic heterocycles. The molecule has 0 aliphatic rings. The van der Waals surface area contributed by atoms with Crippen molar-refractivity contribution in [2.24, 2.45) is 0 Å². The second-order valence-electron chi connectivity index (χ2n) is 6.61. The Balaban J connectivity index is 0.000000497. The highest BCUT2D eigenvalue weighted by molar-refractivity contribution is 9.09. The Bertz CT molecular complexity index is 887. The first-order valence-corrected chi connectivity index (χ1v) is 12.9. The number of carbonyl (C=O) groups excluding carboxylic acids is 2. The average Bonchev–Trinajstić information content (AvgIpc) is 2.67. The Morgan fingerprint density at radius 3 is 1.40 bits per heavy atom. The molecule has 30 heavy (non-hydrogen) atoms. The van der Waals surface area contributed by atoms with Crippen LogP contribution in [-0.2, 0) is 0 Å². The van der Waals surface area contributed by atoms with Gasteiger partial charge < -0.3 is 0 Å². The van der Waals surface area contributed by atoms with Gasteiger partial charge in [-0.05, 0) is 93.6 Å². The lowest BCUT2D eigenvalue weighted by atomic mass is 10.00. The number of ketones is 2.